The van der Waals surface area contributed by atoms with E-state index in [1.54, 1.807) is 25.1 Å². The molecule has 1 aromatic heterocycles. The third kappa shape index (κ3) is 3.37. The Morgan fingerprint density at radius 1 is 1.23 bits per heavy atom. The zero-order valence-electron chi connectivity index (χ0n) is 14.7. The summed E-state index contributed by atoms with van der Waals surface area (Å²) in [6.07, 6.45) is 1.05. The highest BCUT2D eigenvalue weighted by Crippen LogP contribution is 2.38. The third-order valence-electron chi connectivity index (χ3n) is 4.34. The fraction of sp³-hybridized carbons (Fsp3) is 0.333. The molecule has 8 heteroatoms. The highest BCUT2D eigenvalue weighted by atomic mass is 32.2. The number of aromatic carboxylic acids is 1. The van der Waals surface area contributed by atoms with Gasteiger partial charge in [0.1, 0.15) is 5.76 Å². The maximum atomic E-state index is 12.4. The molecule has 1 aliphatic carbocycles. The molecule has 1 aromatic carbocycles. The Morgan fingerprint density at radius 2 is 1.88 bits per heavy atom. The van der Waals surface area contributed by atoms with Crippen LogP contribution in [0.5, 0.6) is 0 Å². The second-order valence-electron chi connectivity index (χ2n) is 7.14. The number of sulfonamides is 1. The molecular formula is C18H20N2O5S. The topological polar surface area (TPSA) is 109 Å². The molecule has 7 nitrogen and oxygen atoms in total. The predicted octanol–water partition coefficient (Wildman–Crippen LogP) is 2.94. The van der Waals surface area contributed by atoms with E-state index in [4.69, 9.17) is 4.42 Å². The zero-order valence-corrected chi connectivity index (χ0v) is 15.6. The molecule has 0 amide bonds. The van der Waals surface area contributed by atoms with Gasteiger partial charge in [-0.05, 0) is 30.9 Å². The highest BCUT2D eigenvalue weighted by molar-refractivity contribution is 7.89. The van der Waals surface area contributed by atoms with Crippen molar-refractivity contribution in [1.29, 1.82) is 0 Å². The Hall–Kier alpha value is -2.61. The molecule has 0 saturated heterocycles. The number of hydrazone groups is 1. The lowest BCUT2D eigenvalue weighted by molar-refractivity contribution is 0.0658. The Labute approximate surface area is 151 Å². The average Bonchev–Trinajstić information content (AvgIpc) is 2.89. The average molecular weight is 376 g/mol. The maximum Gasteiger partial charge on any atom is 0.372 e. The van der Waals surface area contributed by atoms with Crippen molar-refractivity contribution >= 4 is 21.7 Å². The van der Waals surface area contributed by atoms with Crippen LogP contribution in [0.1, 0.15) is 47.7 Å². The van der Waals surface area contributed by atoms with Crippen LogP contribution in [0, 0.1) is 12.3 Å². The summed E-state index contributed by atoms with van der Waals surface area (Å²) in [5.74, 6) is -0.765. The van der Waals surface area contributed by atoms with Crippen molar-refractivity contribution in [1.82, 2.24) is 4.83 Å². The molecule has 0 spiro atoms. The molecule has 0 unspecified atom stereocenters. The standard InChI is InChI=1S/C18H20N2O5S/c1-11-15-13(19-20-26(23,24)12-7-5-4-6-8-12)9-18(2,3)10-14(15)25-16(11)17(21)22/h4-8,20H,9-10H2,1-3H3,(H,21,22)/b19-13+. The van der Waals surface area contributed by atoms with E-state index in [1.165, 1.54) is 12.1 Å². The number of nitrogens with zero attached hydrogens (tertiary/aromatic N) is 1. The van der Waals surface area contributed by atoms with Crippen LogP contribution < -0.4 is 4.83 Å². The monoisotopic (exact) mass is 376 g/mol. The van der Waals surface area contributed by atoms with Gasteiger partial charge < -0.3 is 9.52 Å². The van der Waals surface area contributed by atoms with Gasteiger partial charge in [-0.2, -0.15) is 18.4 Å². The van der Waals surface area contributed by atoms with E-state index in [1.807, 2.05) is 13.8 Å². The van der Waals surface area contributed by atoms with Crippen LogP contribution in [-0.4, -0.2) is 25.2 Å². The van der Waals surface area contributed by atoms with Crippen LogP contribution in [0.3, 0.4) is 0 Å². The Bertz CT molecular complexity index is 988. The van der Waals surface area contributed by atoms with E-state index in [-0.39, 0.29) is 16.1 Å². The molecule has 3 rings (SSSR count). The molecule has 0 bridgehead atoms. The number of hydrogen-bond acceptors (Lipinski definition) is 5. The van der Waals surface area contributed by atoms with E-state index in [9.17, 15) is 18.3 Å². The molecule has 0 radical (unpaired) electrons. The first-order chi connectivity index (χ1) is 12.1. The summed E-state index contributed by atoms with van der Waals surface area (Å²) >= 11 is 0. The van der Waals surface area contributed by atoms with Crippen LogP contribution in [0.25, 0.3) is 0 Å². The largest absolute Gasteiger partial charge is 0.475 e. The summed E-state index contributed by atoms with van der Waals surface area (Å²) in [6, 6.07) is 7.93. The first-order valence-electron chi connectivity index (χ1n) is 8.10. The van der Waals surface area contributed by atoms with E-state index < -0.39 is 16.0 Å². The van der Waals surface area contributed by atoms with Crippen molar-refractivity contribution in [3.8, 4) is 0 Å². The van der Waals surface area contributed by atoms with Gasteiger partial charge in [0.15, 0.2) is 0 Å². The molecule has 1 aliphatic rings. The minimum atomic E-state index is -3.81. The summed E-state index contributed by atoms with van der Waals surface area (Å²) in [4.78, 5) is 13.7. The number of nitrogens with one attached hydrogen (secondary N) is 1. The fourth-order valence-corrected chi connectivity index (χ4v) is 4.03. The number of benzene rings is 1. The first-order valence-corrected chi connectivity index (χ1v) is 9.58. The molecule has 0 saturated carbocycles. The minimum absolute atomic E-state index is 0.106. The van der Waals surface area contributed by atoms with Crippen LogP contribution in [0.15, 0.2) is 44.7 Å². The van der Waals surface area contributed by atoms with Crippen LogP contribution in [0.2, 0.25) is 0 Å². The molecule has 0 aliphatic heterocycles. The SMILES string of the molecule is Cc1c(C(=O)O)oc2c1/C(=N/NS(=O)(=O)c1ccccc1)CC(C)(C)C2. The zero-order chi connectivity index (χ0) is 19.1. The van der Waals surface area contributed by atoms with E-state index in [0.717, 1.165) is 0 Å². The molecule has 0 atom stereocenters. The summed E-state index contributed by atoms with van der Waals surface area (Å²) in [6.45, 7) is 5.64. The number of furan rings is 1. The lowest BCUT2D eigenvalue weighted by Gasteiger charge is -2.29. The number of rotatable bonds is 4. The molecule has 2 N–H and O–H groups in total. The van der Waals surface area contributed by atoms with Crippen LogP contribution in [0.4, 0.5) is 0 Å². The smallest absolute Gasteiger partial charge is 0.372 e. The predicted molar refractivity (Wildman–Crippen MR) is 95.8 cm³/mol. The second kappa shape index (κ2) is 6.28. The Balaban J connectivity index is 2.03. The summed E-state index contributed by atoms with van der Waals surface area (Å²) in [7, 11) is -3.81. The van der Waals surface area contributed by atoms with Crippen LogP contribution >= 0.6 is 0 Å². The van der Waals surface area contributed by atoms with Gasteiger partial charge in [-0.3, -0.25) is 0 Å². The van der Waals surface area contributed by atoms with Gasteiger partial charge >= 0.3 is 5.97 Å². The van der Waals surface area contributed by atoms with Gasteiger partial charge in [-0.1, -0.05) is 32.0 Å². The highest BCUT2D eigenvalue weighted by Gasteiger charge is 2.36. The minimum Gasteiger partial charge on any atom is -0.475 e. The summed E-state index contributed by atoms with van der Waals surface area (Å²) in [5.41, 5.74) is 1.28. The van der Waals surface area contributed by atoms with Gasteiger partial charge in [0.2, 0.25) is 5.76 Å². The third-order valence-corrected chi connectivity index (χ3v) is 5.57. The van der Waals surface area contributed by atoms with Crippen molar-refractivity contribution in [2.24, 2.45) is 10.5 Å². The number of fused-ring (bicyclic) bond motifs is 1. The molecular weight excluding hydrogens is 356 g/mol. The second-order valence-corrected chi connectivity index (χ2v) is 8.80. The number of hydrogen-bond donors (Lipinski definition) is 2. The van der Waals surface area contributed by atoms with E-state index in [0.29, 0.717) is 35.4 Å². The van der Waals surface area contributed by atoms with Crippen molar-refractivity contribution in [2.45, 2.75) is 38.5 Å². The van der Waals surface area contributed by atoms with Crippen molar-refractivity contribution in [3.63, 3.8) is 0 Å². The van der Waals surface area contributed by atoms with Gasteiger partial charge in [0.05, 0.1) is 10.6 Å². The van der Waals surface area contributed by atoms with Gasteiger partial charge in [0.25, 0.3) is 10.0 Å². The van der Waals surface area contributed by atoms with Gasteiger partial charge in [-0.25, -0.2) is 4.79 Å². The molecule has 0 fully saturated rings. The van der Waals surface area contributed by atoms with E-state index >= 15 is 0 Å². The maximum absolute atomic E-state index is 12.4. The number of carboxylic acid groups (broad SMARTS) is 1. The molecule has 26 heavy (non-hydrogen) atoms. The lowest BCUT2D eigenvalue weighted by Crippen LogP contribution is -2.29. The molecule has 1 heterocycles. The Morgan fingerprint density at radius 3 is 2.50 bits per heavy atom. The van der Waals surface area contributed by atoms with Crippen molar-refractivity contribution < 1.29 is 22.7 Å². The summed E-state index contributed by atoms with van der Waals surface area (Å²) < 4.78 is 30.3. The molecule has 138 valence electrons. The normalized spacial score (nSPS) is 17.7. The first kappa shape index (κ1) is 18.2. The quantitative estimate of drug-likeness (QED) is 0.798. The summed E-state index contributed by atoms with van der Waals surface area (Å²) in [5, 5.41) is 13.4. The number of carboxylic acids is 1. The number of carbonyl (C=O) groups is 1. The van der Waals surface area contributed by atoms with Gasteiger partial charge in [-0.15, -0.1) is 0 Å². The van der Waals surface area contributed by atoms with Crippen LogP contribution in [-0.2, 0) is 16.4 Å². The molecule has 2 aromatic rings. The van der Waals surface area contributed by atoms with Gasteiger partial charge in [0, 0.05) is 17.5 Å². The lowest BCUT2D eigenvalue weighted by atomic mass is 9.75. The van der Waals surface area contributed by atoms with Crippen molar-refractivity contribution in [3.05, 3.63) is 53.0 Å². The fourth-order valence-electron chi connectivity index (χ4n) is 3.18. The Kier molecular flexibility index (Phi) is 4.39. The van der Waals surface area contributed by atoms with E-state index in [2.05, 4.69) is 9.93 Å². The van der Waals surface area contributed by atoms with Crippen molar-refractivity contribution in [2.75, 3.05) is 0 Å².